The molecule has 26 heavy (non-hydrogen) atoms. The van der Waals surface area contributed by atoms with E-state index in [-0.39, 0.29) is 17.4 Å². The molecular weight excluding hydrogens is 358 g/mol. The fourth-order valence-corrected chi connectivity index (χ4v) is 4.69. The Labute approximate surface area is 152 Å². The maximum absolute atomic E-state index is 13.0. The molecule has 9 nitrogen and oxygen atoms in total. The van der Waals surface area contributed by atoms with Gasteiger partial charge < -0.3 is 4.74 Å². The predicted molar refractivity (Wildman–Crippen MR) is 92.0 cm³/mol. The van der Waals surface area contributed by atoms with Gasteiger partial charge in [-0.05, 0) is 60.9 Å². The largest absolute Gasteiger partial charge is 0.466 e. The van der Waals surface area contributed by atoms with E-state index in [1.54, 1.807) is 26.0 Å². The lowest BCUT2D eigenvalue weighted by Gasteiger charge is -2.30. The minimum atomic E-state index is -3.69. The summed E-state index contributed by atoms with van der Waals surface area (Å²) in [7, 11) is -3.69. The lowest BCUT2D eigenvalue weighted by Crippen LogP contribution is -2.42. The van der Waals surface area contributed by atoms with E-state index < -0.39 is 15.9 Å². The normalized spacial score (nSPS) is 18.6. The van der Waals surface area contributed by atoms with Crippen molar-refractivity contribution in [2.75, 3.05) is 19.7 Å². The molecule has 0 bridgehead atoms. The summed E-state index contributed by atoms with van der Waals surface area (Å²) < 4.78 is 33.9. The first-order valence-electron chi connectivity index (χ1n) is 8.44. The van der Waals surface area contributed by atoms with E-state index >= 15 is 0 Å². The number of esters is 1. The van der Waals surface area contributed by atoms with E-state index in [9.17, 15) is 13.2 Å². The highest BCUT2D eigenvalue weighted by Gasteiger charge is 2.34. The first-order chi connectivity index (χ1) is 12.4. The van der Waals surface area contributed by atoms with E-state index in [0.29, 0.717) is 31.7 Å². The van der Waals surface area contributed by atoms with Crippen molar-refractivity contribution in [3.05, 3.63) is 30.1 Å². The van der Waals surface area contributed by atoms with Gasteiger partial charge in [-0.1, -0.05) is 0 Å². The van der Waals surface area contributed by atoms with Gasteiger partial charge >= 0.3 is 5.97 Å². The van der Waals surface area contributed by atoms with E-state index in [2.05, 4.69) is 15.5 Å². The zero-order valence-corrected chi connectivity index (χ0v) is 15.5. The summed E-state index contributed by atoms with van der Waals surface area (Å²) in [4.78, 5) is 12.2. The number of ether oxygens (including phenoxy) is 1. The highest BCUT2D eigenvalue weighted by molar-refractivity contribution is 7.89. The lowest BCUT2D eigenvalue weighted by molar-refractivity contribution is -0.149. The van der Waals surface area contributed by atoms with Crippen molar-refractivity contribution >= 4 is 16.0 Å². The first kappa shape index (κ1) is 18.5. The number of aryl methyl sites for hydroxylation is 1. The minimum Gasteiger partial charge on any atom is -0.466 e. The summed E-state index contributed by atoms with van der Waals surface area (Å²) in [6, 6.07) is 4.80. The van der Waals surface area contributed by atoms with E-state index in [4.69, 9.17) is 4.74 Å². The number of carbonyl (C=O) groups is 1. The number of carbonyl (C=O) groups excluding carboxylic acids is 1. The maximum atomic E-state index is 13.0. The van der Waals surface area contributed by atoms with Crippen LogP contribution in [0.3, 0.4) is 0 Å². The standard InChI is InChI=1S/C16H21N5O4S/c1-3-25-16(22)13-5-4-8-20(10-13)26(23,24)14-6-7-15(12(2)9-14)21-11-17-18-19-21/h6-7,9,11,13H,3-5,8,10H2,1-2H3/t13-/m0/s1. The van der Waals surface area contributed by atoms with Crippen molar-refractivity contribution < 1.29 is 17.9 Å². The summed E-state index contributed by atoms with van der Waals surface area (Å²) in [6.07, 6.45) is 2.72. The van der Waals surface area contributed by atoms with Crippen molar-refractivity contribution in [1.29, 1.82) is 0 Å². The minimum absolute atomic E-state index is 0.148. The molecule has 0 spiro atoms. The van der Waals surface area contributed by atoms with Gasteiger partial charge in [0.2, 0.25) is 10.0 Å². The Morgan fingerprint density at radius 1 is 1.38 bits per heavy atom. The summed E-state index contributed by atoms with van der Waals surface area (Å²) in [5.74, 6) is -0.752. The Hall–Kier alpha value is -2.33. The molecule has 0 saturated carbocycles. The average molecular weight is 379 g/mol. The molecule has 1 aliphatic rings. The molecule has 1 aromatic carbocycles. The Balaban J connectivity index is 1.83. The number of sulfonamides is 1. The molecule has 2 aromatic rings. The number of hydrogen-bond donors (Lipinski definition) is 0. The molecule has 0 aliphatic carbocycles. The van der Waals surface area contributed by atoms with Crippen LogP contribution in [0.25, 0.3) is 5.69 Å². The molecule has 2 heterocycles. The van der Waals surface area contributed by atoms with Gasteiger partial charge in [-0.3, -0.25) is 4.79 Å². The Morgan fingerprint density at radius 2 is 2.19 bits per heavy atom. The number of benzene rings is 1. The number of hydrogen-bond acceptors (Lipinski definition) is 7. The van der Waals surface area contributed by atoms with Gasteiger partial charge in [-0.25, -0.2) is 13.1 Å². The highest BCUT2D eigenvalue weighted by Crippen LogP contribution is 2.26. The van der Waals surface area contributed by atoms with Gasteiger partial charge in [-0.2, -0.15) is 4.31 Å². The number of rotatable bonds is 5. The Morgan fingerprint density at radius 3 is 2.85 bits per heavy atom. The van der Waals surface area contributed by atoms with Crippen LogP contribution < -0.4 is 0 Å². The van der Waals surface area contributed by atoms with Crippen LogP contribution in [-0.2, 0) is 19.6 Å². The van der Waals surface area contributed by atoms with Crippen LogP contribution in [0.1, 0.15) is 25.3 Å². The van der Waals surface area contributed by atoms with Gasteiger partial charge in [0.15, 0.2) is 0 Å². The molecule has 3 rings (SSSR count). The van der Waals surface area contributed by atoms with Crippen LogP contribution in [-0.4, -0.2) is 58.6 Å². The smallest absolute Gasteiger partial charge is 0.310 e. The van der Waals surface area contributed by atoms with Crippen LogP contribution >= 0.6 is 0 Å². The molecule has 1 atom stereocenters. The Kier molecular flexibility index (Phi) is 5.33. The predicted octanol–water partition coefficient (Wildman–Crippen LogP) is 0.935. The van der Waals surface area contributed by atoms with Crippen molar-refractivity contribution in [3.63, 3.8) is 0 Å². The van der Waals surface area contributed by atoms with Crippen molar-refractivity contribution in [3.8, 4) is 5.69 Å². The third kappa shape index (κ3) is 3.61. The van der Waals surface area contributed by atoms with Crippen LogP contribution in [0.4, 0.5) is 0 Å². The molecule has 10 heteroatoms. The highest BCUT2D eigenvalue weighted by atomic mass is 32.2. The number of nitrogens with zero attached hydrogens (tertiary/aromatic N) is 5. The average Bonchev–Trinajstić information content (AvgIpc) is 3.16. The second-order valence-corrected chi connectivity index (χ2v) is 8.09. The molecule has 0 radical (unpaired) electrons. The molecule has 1 fully saturated rings. The number of aromatic nitrogens is 4. The number of piperidine rings is 1. The SMILES string of the molecule is CCOC(=O)[C@H]1CCCN(S(=O)(=O)c2ccc(-n3cnnn3)c(C)c2)C1. The summed E-state index contributed by atoms with van der Waals surface area (Å²) >= 11 is 0. The zero-order valence-electron chi connectivity index (χ0n) is 14.7. The molecule has 0 amide bonds. The monoisotopic (exact) mass is 379 g/mol. The van der Waals surface area contributed by atoms with Gasteiger partial charge in [-0.15, -0.1) is 5.10 Å². The van der Waals surface area contributed by atoms with Crippen molar-refractivity contribution in [2.24, 2.45) is 5.92 Å². The van der Waals surface area contributed by atoms with E-state index in [1.165, 1.54) is 21.4 Å². The van der Waals surface area contributed by atoms with Gasteiger partial charge in [0, 0.05) is 13.1 Å². The van der Waals surface area contributed by atoms with Gasteiger partial charge in [0.1, 0.15) is 6.33 Å². The zero-order chi connectivity index (χ0) is 18.7. The van der Waals surface area contributed by atoms with Crippen molar-refractivity contribution in [1.82, 2.24) is 24.5 Å². The van der Waals surface area contributed by atoms with Crippen molar-refractivity contribution in [2.45, 2.75) is 31.6 Å². The van der Waals surface area contributed by atoms with E-state index in [0.717, 1.165) is 5.56 Å². The summed E-state index contributed by atoms with van der Waals surface area (Å²) in [5.41, 5.74) is 1.44. The maximum Gasteiger partial charge on any atom is 0.310 e. The van der Waals surface area contributed by atoms with Crippen LogP contribution in [0.5, 0.6) is 0 Å². The van der Waals surface area contributed by atoms with Crippen LogP contribution in [0.15, 0.2) is 29.4 Å². The molecule has 140 valence electrons. The van der Waals surface area contributed by atoms with Crippen LogP contribution in [0.2, 0.25) is 0 Å². The molecular formula is C16H21N5O4S. The molecule has 1 aliphatic heterocycles. The fraction of sp³-hybridized carbons (Fsp3) is 0.500. The summed E-state index contributed by atoms with van der Waals surface area (Å²) in [6.45, 7) is 4.37. The van der Waals surface area contributed by atoms with Gasteiger partial charge in [0.05, 0.1) is 23.1 Å². The fourth-order valence-electron chi connectivity index (χ4n) is 3.08. The molecule has 0 N–H and O–H groups in total. The topological polar surface area (TPSA) is 107 Å². The second kappa shape index (κ2) is 7.50. The van der Waals surface area contributed by atoms with Crippen LogP contribution in [0, 0.1) is 12.8 Å². The molecule has 1 saturated heterocycles. The third-order valence-corrected chi connectivity index (χ3v) is 6.27. The Bertz CT molecular complexity index is 882. The van der Waals surface area contributed by atoms with E-state index in [1.807, 2.05) is 0 Å². The molecule has 1 aromatic heterocycles. The quantitative estimate of drug-likeness (QED) is 0.711. The second-order valence-electron chi connectivity index (χ2n) is 6.16. The first-order valence-corrected chi connectivity index (χ1v) is 9.88. The summed E-state index contributed by atoms with van der Waals surface area (Å²) in [5, 5.41) is 11.0. The molecule has 0 unspecified atom stereocenters. The van der Waals surface area contributed by atoms with Gasteiger partial charge in [0.25, 0.3) is 0 Å². The number of tetrazole rings is 1. The lowest BCUT2D eigenvalue weighted by atomic mass is 10.0. The third-order valence-electron chi connectivity index (χ3n) is 4.41.